The molecule has 11 rings (SSSR count). The van der Waals surface area contributed by atoms with Crippen molar-refractivity contribution in [1.29, 1.82) is 0 Å². The minimum Gasteiger partial charge on any atom is -0.511 e. The molecule has 4 spiro atoms. The number of Topliss-reactive ketones (excluding diaryl/α,β-unsaturated/α-hetero) is 2. The number of ketones is 2. The van der Waals surface area contributed by atoms with Crippen LogP contribution in [0.2, 0.25) is 0 Å². The van der Waals surface area contributed by atoms with Gasteiger partial charge in [0.05, 0.1) is 36.4 Å². The largest absolute Gasteiger partial charge is 0.511 e. The fraction of sp³-hybridized carbons (Fsp3) is 0.582. The average molecular weight is 1010 g/mol. The molecule has 3 aliphatic heterocycles. The zero-order valence-electron chi connectivity index (χ0n) is 39.9. The van der Waals surface area contributed by atoms with E-state index in [2.05, 4.69) is 16.7 Å². The number of nitrogens with one attached hydrogen (secondary N) is 2. The van der Waals surface area contributed by atoms with Crippen molar-refractivity contribution in [2.75, 3.05) is 25.6 Å². The van der Waals surface area contributed by atoms with Crippen molar-refractivity contribution in [3.8, 4) is 5.75 Å². The molecule has 0 amide bonds. The Kier molecular flexibility index (Phi) is 13.0. The summed E-state index contributed by atoms with van der Waals surface area (Å²) in [5, 5.41) is 88.2. The standard InChI is InChI=1S/C55H66N2O12S2/c58-15-5-10-43-55-39(18-33(19-42(55)62)17-31-6-3-7-32(16-31)24-59)46(63)37-8-4-9-40(45(37)48(55)65)68-50-49(66)54(67,47(64)41(26-61)69-50)29-53-28-52(27-51(13-1-2-14-51)21-36(52)25-60)22-35(53)12-11-34-23-56-44(20-38(34)53)57-30-70-71-43/h3-4,6-9,16,18-20,25,35-36,39,41,43,47,49-50,56-59,61-62,64,66-67H,1-2,5,10-15,17,21-24,26-30H2/t35-,36+,39+,41+,43-,47+,49-,50+,52-,53-,54-,55-/m0/s1. The van der Waals surface area contributed by atoms with Gasteiger partial charge in [-0.25, -0.2) is 0 Å². The molecule has 380 valence electrons. The van der Waals surface area contributed by atoms with Gasteiger partial charge in [0.15, 0.2) is 11.6 Å². The number of aldehydes is 1. The number of aliphatic hydroxyl groups is 7. The molecule has 1 saturated heterocycles. The number of carbonyl (C=O) groups is 3. The topological polar surface area (TPSA) is 235 Å². The average Bonchev–Trinajstić information content (AvgIpc) is 4.06. The van der Waals surface area contributed by atoms with Crippen LogP contribution in [-0.4, -0.2) is 115 Å². The number of hydrogen-bond acceptors (Lipinski definition) is 16. The summed E-state index contributed by atoms with van der Waals surface area (Å²) in [5.41, 5.74) is -1.10. The van der Waals surface area contributed by atoms with Crippen LogP contribution in [0.4, 0.5) is 0 Å². The number of fused-ring (bicyclic) bond motifs is 2. The number of rotatable bonds is 8. The molecule has 0 aromatic heterocycles. The maximum Gasteiger partial charge on any atom is 0.229 e. The highest BCUT2D eigenvalue weighted by molar-refractivity contribution is 8.76. The third-order valence-corrected chi connectivity index (χ3v) is 21.3. The first-order valence-corrected chi connectivity index (χ1v) is 28.0. The molecule has 16 heteroatoms. The summed E-state index contributed by atoms with van der Waals surface area (Å²) in [6, 6.07) is 11.9. The Morgan fingerprint density at radius 1 is 0.930 bits per heavy atom. The summed E-state index contributed by atoms with van der Waals surface area (Å²) in [5.74, 6) is -1.83. The fourth-order valence-electron chi connectivity index (χ4n) is 15.6. The molecule has 2 aromatic carbocycles. The van der Waals surface area contributed by atoms with Crippen LogP contribution >= 0.6 is 21.6 Å². The summed E-state index contributed by atoms with van der Waals surface area (Å²) in [6.07, 6.45) is 9.46. The summed E-state index contributed by atoms with van der Waals surface area (Å²) in [4.78, 5) is 44.4. The molecule has 0 radical (unpaired) electrons. The first-order valence-electron chi connectivity index (χ1n) is 25.6. The van der Waals surface area contributed by atoms with Crippen LogP contribution in [-0.2, 0) is 22.6 Å². The van der Waals surface area contributed by atoms with Crippen LogP contribution in [0.1, 0.15) is 115 Å². The fourth-order valence-corrected chi connectivity index (χ4v) is 18.4. The number of carbonyl (C=O) groups excluding carboxylic acids is 3. The number of benzene rings is 2. The molecule has 2 aromatic rings. The van der Waals surface area contributed by atoms with E-state index in [9.17, 15) is 40.5 Å². The molecule has 14 nitrogen and oxygen atoms in total. The first-order chi connectivity index (χ1) is 34.3. The van der Waals surface area contributed by atoms with Crippen molar-refractivity contribution in [2.24, 2.45) is 39.4 Å². The van der Waals surface area contributed by atoms with Gasteiger partial charge in [0.1, 0.15) is 47.1 Å². The van der Waals surface area contributed by atoms with E-state index in [0.29, 0.717) is 36.4 Å². The maximum absolute atomic E-state index is 15.9. The minimum atomic E-state index is -2.35. The molecular weight excluding hydrogens is 945 g/mol. The zero-order chi connectivity index (χ0) is 49.5. The number of allylic oxidation sites excluding steroid dienone is 6. The Balaban J connectivity index is 1.04. The second-order valence-electron chi connectivity index (χ2n) is 22.3. The monoisotopic (exact) mass is 1010 g/mol. The summed E-state index contributed by atoms with van der Waals surface area (Å²) < 4.78 is 12.8. The summed E-state index contributed by atoms with van der Waals surface area (Å²) in [6.45, 7) is -0.591. The van der Waals surface area contributed by atoms with Crippen molar-refractivity contribution in [1.82, 2.24) is 10.6 Å². The number of dihydropyridines is 1. The van der Waals surface area contributed by atoms with E-state index < -0.39 is 70.4 Å². The second kappa shape index (κ2) is 18.8. The lowest BCUT2D eigenvalue weighted by Crippen LogP contribution is -2.69. The predicted octanol–water partition coefficient (Wildman–Crippen LogP) is 5.89. The van der Waals surface area contributed by atoms with E-state index in [0.717, 1.165) is 74.7 Å². The van der Waals surface area contributed by atoms with Gasteiger partial charge >= 0.3 is 0 Å². The van der Waals surface area contributed by atoms with Crippen molar-refractivity contribution >= 4 is 39.4 Å². The molecule has 0 unspecified atom stereocenters. The molecule has 3 heterocycles. The Morgan fingerprint density at radius 2 is 1.73 bits per heavy atom. The van der Waals surface area contributed by atoms with Crippen molar-refractivity contribution < 1.29 is 59.6 Å². The lowest BCUT2D eigenvalue weighted by atomic mass is 9.57. The van der Waals surface area contributed by atoms with E-state index in [4.69, 9.17) is 9.47 Å². The number of aliphatic hydroxyl groups excluding tert-OH is 6. The molecule has 9 N–H and O–H groups in total. The summed E-state index contributed by atoms with van der Waals surface area (Å²) in [7, 11) is 2.79. The Hall–Kier alpha value is -3.97. The molecule has 71 heavy (non-hydrogen) atoms. The van der Waals surface area contributed by atoms with Gasteiger partial charge in [-0.05, 0) is 140 Å². The Morgan fingerprint density at radius 3 is 2.51 bits per heavy atom. The van der Waals surface area contributed by atoms with Gasteiger partial charge in [-0.2, -0.15) is 0 Å². The van der Waals surface area contributed by atoms with Gasteiger partial charge < -0.3 is 60.6 Å². The number of hydrogen-bond donors (Lipinski definition) is 9. The van der Waals surface area contributed by atoms with Crippen molar-refractivity contribution in [3.63, 3.8) is 0 Å². The molecule has 12 atom stereocenters. The van der Waals surface area contributed by atoms with E-state index in [-0.39, 0.29) is 77.8 Å². The highest BCUT2D eigenvalue weighted by atomic mass is 33.1. The van der Waals surface area contributed by atoms with Crippen LogP contribution in [0.3, 0.4) is 0 Å². The Labute approximate surface area is 421 Å². The SMILES string of the molecule is O=C[C@H]1CC2(CCCC2)C[C@]12C[C@@H]1CCC3=C4C=C(NCSS[C@@H](CCCO)[C@]56C(=O)c7c(cccc7C(=O)[C@H]5C=C(Cc5cccc(CO)c5)C=C6O)O[C@@H]5O[C@H](CO)[C@@H](O)[C@@](O)(C[C@]41C2)[C@H]5O)NC3. The van der Waals surface area contributed by atoms with Crippen molar-refractivity contribution in [3.05, 3.63) is 111 Å². The van der Waals surface area contributed by atoms with Gasteiger partial charge in [0, 0.05) is 35.3 Å². The number of ether oxygens (including phenoxy) is 2. The lowest BCUT2D eigenvalue weighted by molar-refractivity contribution is -0.320. The highest BCUT2D eigenvalue weighted by Gasteiger charge is 2.69. The molecule has 6 bridgehead atoms. The minimum absolute atomic E-state index is 0.0118. The molecule has 6 aliphatic carbocycles. The van der Waals surface area contributed by atoms with Gasteiger partial charge in [-0.1, -0.05) is 76.9 Å². The van der Waals surface area contributed by atoms with E-state index in [1.165, 1.54) is 45.6 Å². The quantitative estimate of drug-likeness (QED) is 0.111. The molecular formula is C55H66N2O12S2. The van der Waals surface area contributed by atoms with Crippen LogP contribution in [0.5, 0.6) is 5.75 Å². The normalized spacial score (nSPS) is 38.2. The smallest absolute Gasteiger partial charge is 0.229 e. The summed E-state index contributed by atoms with van der Waals surface area (Å²) >= 11 is 0. The molecule has 4 fully saturated rings. The highest BCUT2D eigenvalue weighted by Crippen LogP contribution is 2.74. The van der Waals surface area contributed by atoms with E-state index >= 15 is 9.59 Å². The van der Waals surface area contributed by atoms with Crippen molar-refractivity contribution in [2.45, 2.75) is 132 Å². The van der Waals surface area contributed by atoms with Gasteiger partial charge in [-0.15, -0.1) is 0 Å². The lowest BCUT2D eigenvalue weighted by Gasteiger charge is -2.54. The third-order valence-electron chi connectivity index (χ3n) is 18.6. The third kappa shape index (κ3) is 7.82. The van der Waals surface area contributed by atoms with Crippen LogP contribution in [0, 0.1) is 39.4 Å². The Bertz CT molecular complexity index is 2610. The molecule has 3 saturated carbocycles. The van der Waals surface area contributed by atoms with Gasteiger partial charge in [-0.3, -0.25) is 9.59 Å². The zero-order valence-corrected chi connectivity index (χ0v) is 41.5. The first kappa shape index (κ1) is 49.3. The van der Waals surface area contributed by atoms with Crippen LogP contribution < -0.4 is 15.4 Å². The van der Waals surface area contributed by atoms with Crippen LogP contribution in [0.15, 0.2) is 89.0 Å². The van der Waals surface area contributed by atoms with Gasteiger partial charge in [0.2, 0.25) is 6.29 Å². The van der Waals surface area contributed by atoms with Gasteiger partial charge in [0.25, 0.3) is 0 Å². The maximum atomic E-state index is 15.9. The molecule has 9 aliphatic rings. The van der Waals surface area contributed by atoms with Crippen LogP contribution in [0.25, 0.3) is 0 Å². The second-order valence-corrected chi connectivity index (χ2v) is 24.9. The predicted molar refractivity (Wildman–Crippen MR) is 267 cm³/mol. The van der Waals surface area contributed by atoms with E-state index in [1.54, 1.807) is 24.3 Å². The van der Waals surface area contributed by atoms with E-state index in [1.807, 2.05) is 18.2 Å².